The largest absolute Gasteiger partial charge is 0.388 e. The maximum atomic E-state index is 12.1. The van der Waals surface area contributed by atoms with Crippen LogP contribution >= 0.6 is 0 Å². The molecule has 4 heteroatoms. The van der Waals surface area contributed by atoms with E-state index in [-0.39, 0.29) is 5.91 Å². The van der Waals surface area contributed by atoms with Gasteiger partial charge in [-0.2, -0.15) is 0 Å². The van der Waals surface area contributed by atoms with Crippen LogP contribution in [0.25, 0.3) is 10.9 Å². The van der Waals surface area contributed by atoms with Crippen molar-refractivity contribution >= 4 is 22.5 Å². The Balaban J connectivity index is 0.000000717. The molecular weight excluding hydrogens is 346 g/mol. The number of nitrogens with zero attached hydrogens (tertiary/aromatic N) is 1. The molecule has 150 valence electrons. The normalized spacial score (nSPS) is 9.50. The van der Waals surface area contributed by atoms with Crippen molar-refractivity contribution in [3.8, 4) is 0 Å². The highest BCUT2D eigenvalue weighted by atomic mass is 16.1. The highest BCUT2D eigenvalue weighted by molar-refractivity contribution is 5.94. The maximum absolute atomic E-state index is 12.1. The van der Waals surface area contributed by atoms with Crippen LogP contribution < -0.4 is 10.6 Å². The lowest BCUT2D eigenvalue weighted by molar-refractivity contribution is 0.0951. The van der Waals surface area contributed by atoms with Gasteiger partial charge < -0.3 is 10.6 Å². The zero-order valence-electron chi connectivity index (χ0n) is 18.0. The van der Waals surface area contributed by atoms with Crippen LogP contribution in [0.4, 0.5) is 5.69 Å². The van der Waals surface area contributed by atoms with Crippen LogP contribution in [0.2, 0.25) is 0 Å². The number of hydrogen-bond acceptors (Lipinski definition) is 3. The van der Waals surface area contributed by atoms with Crippen molar-refractivity contribution in [2.24, 2.45) is 0 Å². The first-order valence-corrected chi connectivity index (χ1v) is 10.00. The second kappa shape index (κ2) is 12.5. The zero-order chi connectivity index (χ0) is 20.9. The van der Waals surface area contributed by atoms with E-state index in [1.54, 1.807) is 0 Å². The summed E-state index contributed by atoms with van der Waals surface area (Å²) >= 11 is 0. The van der Waals surface area contributed by atoms with Crippen LogP contribution in [-0.4, -0.2) is 17.9 Å². The number of benzene rings is 2. The van der Waals surface area contributed by atoms with Crippen LogP contribution in [0, 0.1) is 6.92 Å². The van der Waals surface area contributed by atoms with E-state index in [0.717, 1.165) is 27.8 Å². The van der Waals surface area contributed by atoms with Gasteiger partial charge in [0, 0.05) is 35.9 Å². The summed E-state index contributed by atoms with van der Waals surface area (Å²) < 4.78 is 0. The van der Waals surface area contributed by atoms with Gasteiger partial charge in [-0.1, -0.05) is 58.4 Å². The fourth-order valence-corrected chi connectivity index (χ4v) is 2.60. The summed E-state index contributed by atoms with van der Waals surface area (Å²) in [6, 6.07) is 17.3. The average Bonchev–Trinajstić information content (AvgIpc) is 2.74. The first-order chi connectivity index (χ1) is 13.6. The van der Waals surface area contributed by atoms with E-state index in [9.17, 15) is 4.79 Å². The van der Waals surface area contributed by atoms with Gasteiger partial charge in [0.05, 0.1) is 5.52 Å². The summed E-state index contributed by atoms with van der Waals surface area (Å²) in [6.45, 7) is 10.7. The summed E-state index contributed by atoms with van der Waals surface area (Å²) in [5, 5.41) is 7.21. The van der Waals surface area contributed by atoms with E-state index >= 15 is 0 Å². The predicted molar refractivity (Wildman–Crippen MR) is 121 cm³/mol. The molecule has 0 saturated carbocycles. The molecule has 1 heterocycles. The Labute approximate surface area is 169 Å². The molecule has 28 heavy (non-hydrogen) atoms. The summed E-state index contributed by atoms with van der Waals surface area (Å²) in [5.74, 6) is -0.0680. The van der Waals surface area contributed by atoms with Gasteiger partial charge in [-0.3, -0.25) is 9.78 Å². The minimum atomic E-state index is -0.0680. The average molecular weight is 380 g/mol. The monoisotopic (exact) mass is 379 g/mol. The van der Waals surface area contributed by atoms with Crippen LogP contribution in [-0.2, 0) is 6.54 Å². The molecule has 0 fully saturated rings. The number of hydrogen-bond donors (Lipinski definition) is 2. The smallest absolute Gasteiger partial charge is 0.251 e. The SMILES string of the molecule is CC.CCC.CNc1cc(C)nc2ccc(CNC(=O)c3ccccc3)cc12. The first-order valence-electron chi connectivity index (χ1n) is 10.00. The Morgan fingerprint density at radius 1 is 1.00 bits per heavy atom. The van der Waals surface area contributed by atoms with Crippen LogP contribution in [0.1, 0.15) is 55.7 Å². The number of rotatable bonds is 4. The van der Waals surface area contributed by atoms with Crippen molar-refractivity contribution in [3.63, 3.8) is 0 Å². The molecule has 0 atom stereocenters. The van der Waals surface area contributed by atoms with Gasteiger partial charge in [-0.05, 0) is 42.8 Å². The third kappa shape index (κ3) is 6.69. The van der Waals surface area contributed by atoms with E-state index in [1.807, 2.05) is 76.3 Å². The first kappa shape index (κ1) is 23.2. The van der Waals surface area contributed by atoms with Gasteiger partial charge in [0.2, 0.25) is 0 Å². The minimum Gasteiger partial charge on any atom is -0.388 e. The molecule has 0 aliphatic heterocycles. The Hall–Kier alpha value is -2.88. The van der Waals surface area contributed by atoms with Crippen LogP contribution in [0.5, 0.6) is 0 Å². The van der Waals surface area contributed by atoms with Gasteiger partial charge in [-0.15, -0.1) is 0 Å². The molecule has 2 N–H and O–H groups in total. The highest BCUT2D eigenvalue weighted by Crippen LogP contribution is 2.24. The number of fused-ring (bicyclic) bond motifs is 1. The van der Waals surface area contributed by atoms with E-state index < -0.39 is 0 Å². The molecule has 2 aromatic carbocycles. The lowest BCUT2D eigenvalue weighted by Crippen LogP contribution is -2.22. The Bertz CT molecular complexity index is 860. The van der Waals surface area contributed by atoms with Crippen LogP contribution in [0.3, 0.4) is 0 Å². The lowest BCUT2D eigenvalue weighted by Gasteiger charge is -2.10. The highest BCUT2D eigenvalue weighted by Gasteiger charge is 2.07. The summed E-state index contributed by atoms with van der Waals surface area (Å²) in [5.41, 5.74) is 4.69. The van der Waals surface area contributed by atoms with E-state index in [1.165, 1.54) is 6.42 Å². The van der Waals surface area contributed by atoms with Gasteiger partial charge in [-0.25, -0.2) is 0 Å². The molecule has 1 aromatic heterocycles. The molecule has 4 nitrogen and oxygen atoms in total. The van der Waals surface area contributed by atoms with E-state index in [4.69, 9.17) is 0 Å². The molecule has 0 aliphatic carbocycles. The Morgan fingerprint density at radius 3 is 2.25 bits per heavy atom. The number of aromatic nitrogens is 1. The topological polar surface area (TPSA) is 54.0 Å². The predicted octanol–water partition coefficient (Wildman–Crippen LogP) is 5.96. The van der Waals surface area contributed by atoms with Gasteiger partial charge in [0.15, 0.2) is 0 Å². The number of carbonyl (C=O) groups excluding carboxylic acids is 1. The number of nitrogens with one attached hydrogen (secondary N) is 2. The number of anilines is 1. The minimum absolute atomic E-state index is 0.0680. The fraction of sp³-hybridized carbons (Fsp3) is 0.333. The molecule has 3 rings (SSSR count). The Morgan fingerprint density at radius 2 is 1.64 bits per heavy atom. The van der Waals surface area contributed by atoms with Crippen molar-refractivity contribution in [1.82, 2.24) is 10.3 Å². The molecule has 0 saturated heterocycles. The molecule has 3 aromatic rings. The third-order valence-corrected chi connectivity index (χ3v) is 3.76. The maximum Gasteiger partial charge on any atom is 0.251 e. The third-order valence-electron chi connectivity index (χ3n) is 3.76. The molecule has 0 radical (unpaired) electrons. The number of pyridine rings is 1. The van der Waals surface area contributed by atoms with Gasteiger partial charge >= 0.3 is 0 Å². The van der Waals surface area contributed by atoms with Crippen LogP contribution in [0.15, 0.2) is 54.6 Å². The second-order valence-corrected chi connectivity index (χ2v) is 6.17. The molecule has 0 spiro atoms. The summed E-state index contributed by atoms with van der Waals surface area (Å²) in [6.07, 6.45) is 1.25. The van der Waals surface area contributed by atoms with Crippen molar-refractivity contribution in [1.29, 1.82) is 0 Å². The molecule has 0 bridgehead atoms. The van der Waals surface area contributed by atoms with E-state index in [0.29, 0.717) is 12.1 Å². The van der Waals surface area contributed by atoms with Crippen molar-refractivity contribution < 1.29 is 4.79 Å². The van der Waals surface area contributed by atoms with Crippen molar-refractivity contribution in [3.05, 3.63) is 71.4 Å². The quantitative estimate of drug-likeness (QED) is 0.588. The standard InChI is InChI=1S/C19H19N3O.C3H8.C2H6/c1-13-10-18(20-2)16-11-14(8-9-17(16)22-13)12-21-19(23)15-6-4-3-5-7-15;1-3-2;1-2/h3-11H,12H2,1-2H3,(H,20,22)(H,21,23);3H2,1-2H3;1-2H3. The lowest BCUT2D eigenvalue weighted by atomic mass is 10.1. The Kier molecular flexibility index (Phi) is 10.3. The molecular formula is C24H33N3O. The number of amides is 1. The molecule has 1 amide bonds. The van der Waals surface area contributed by atoms with E-state index in [2.05, 4.69) is 35.5 Å². The number of carbonyl (C=O) groups is 1. The summed E-state index contributed by atoms with van der Waals surface area (Å²) in [4.78, 5) is 16.7. The van der Waals surface area contributed by atoms with Gasteiger partial charge in [0.1, 0.15) is 0 Å². The fourth-order valence-electron chi connectivity index (χ4n) is 2.60. The second-order valence-electron chi connectivity index (χ2n) is 6.17. The molecule has 0 aliphatic rings. The summed E-state index contributed by atoms with van der Waals surface area (Å²) in [7, 11) is 1.90. The zero-order valence-corrected chi connectivity index (χ0v) is 18.0. The van der Waals surface area contributed by atoms with Gasteiger partial charge in [0.25, 0.3) is 5.91 Å². The van der Waals surface area contributed by atoms with Crippen molar-refractivity contribution in [2.75, 3.05) is 12.4 Å². The molecule has 0 unspecified atom stereocenters. The van der Waals surface area contributed by atoms with Crippen molar-refractivity contribution in [2.45, 2.75) is 47.6 Å². The number of aryl methyl sites for hydroxylation is 1.